The SMILES string of the molecule is COc1ccc(NCC[C@@H]2CNCCN2C(=O)c2ncn([C@@H]3CCCC[C@]3(C)O)c2-c2ccccc2)cc1F. The largest absolute Gasteiger partial charge is 0.494 e. The van der Waals surface area contributed by atoms with Crippen molar-refractivity contribution < 1.29 is 19.0 Å². The minimum atomic E-state index is -0.868. The highest BCUT2D eigenvalue weighted by atomic mass is 19.1. The molecule has 2 heterocycles. The van der Waals surface area contributed by atoms with Gasteiger partial charge in [0.1, 0.15) is 0 Å². The summed E-state index contributed by atoms with van der Waals surface area (Å²) < 4.78 is 21.1. The minimum absolute atomic E-state index is 0.0478. The van der Waals surface area contributed by atoms with Crippen LogP contribution in [0.4, 0.5) is 10.1 Å². The van der Waals surface area contributed by atoms with E-state index in [0.29, 0.717) is 44.0 Å². The van der Waals surface area contributed by atoms with Gasteiger partial charge in [-0.15, -0.1) is 0 Å². The lowest BCUT2D eigenvalue weighted by Crippen LogP contribution is -2.54. The number of aliphatic hydroxyl groups is 1. The van der Waals surface area contributed by atoms with Crippen molar-refractivity contribution in [1.29, 1.82) is 0 Å². The first-order chi connectivity index (χ1) is 18.9. The predicted molar refractivity (Wildman–Crippen MR) is 150 cm³/mol. The van der Waals surface area contributed by atoms with Crippen LogP contribution in [0.25, 0.3) is 11.3 Å². The number of nitrogens with one attached hydrogen (secondary N) is 2. The van der Waals surface area contributed by atoms with Crippen LogP contribution in [0.15, 0.2) is 54.9 Å². The molecule has 39 heavy (non-hydrogen) atoms. The van der Waals surface area contributed by atoms with Crippen LogP contribution >= 0.6 is 0 Å². The Bertz CT molecular complexity index is 1280. The van der Waals surface area contributed by atoms with E-state index in [-0.39, 0.29) is 23.7 Å². The van der Waals surface area contributed by atoms with Crippen LogP contribution in [-0.2, 0) is 0 Å². The fraction of sp³-hybridized carbons (Fsp3) is 0.467. The summed E-state index contributed by atoms with van der Waals surface area (Å²) in [6.07, 6.45) is 6.00. The number of ether oxygens (including phenoxy) is 1. The molecule has 8 nitrogen and oxygen atoms in total. The minimum Gasteiger partial charge on any atom is -0.494 e. The number of hydrogen-bond donors (Lipinski definition) is 3. The number of rotatable bonds is 8. The maximum absolute atomic E-state index is 14.1. The molecule has 1 aliphatic heterocycles. The van der Waals surface area contributed by atoms with E-state index >= 15 is 0 Å². The Balaban J connectivity index is 1.38. The Morgan fingerprint density at radius 2 is 2.08 bits per heavy atom. The van der Waals surface area contributed by atoms with Crippen LogP contribution in [0, 0.1) is 5.82 Å². The summed E-state index contributed by atoms with van der Waals surface area (Å²) in [5.74, 6) is -0.318. The summed E-state index contributed by atoms with van der Waals surface area (Å²) in [4.78, 5) is 20.7. The zero-order valence-electron chi connectivity index (χ0n) is 22.7. The molecule has 5 rings (SSSR count). The van der Waals surface area contributed by atoms with Gasteiger partial charge in [0.2, 0.25) is 0 Å². The van der Waals surface area contributed by atoms with Gasteiger partial charge >= 0.3 is 0 Å². The normalized spacial score (nSPS) is 23.4. The Morgan fingerprint density at radius 3 is 2.82 bits per heavy atom. The third-order valence-corrected chi connectivity index (χ3v) is 8.08. The van der Waals surface area contributed by atoms with Gasteiger partial charge in [0, 0.05) is 49.5 Å². The molecule has 0 bridgehead atoms. The lowest BCUT2D eigenvalue weighted by molar-refractivity contribution is -0.0243. The van der Waals surface area contributed by atoms with Crippen molar-refractivity contribution in [2.24, 2.45) is 0 Å². The average Bonchev–Trinajstić information content (AvgIpc) is 3.38. The van der Waals surface area contributed by atoms with Gasteiger partial charge < -0.3 is 29.9 Å². The molecule has 0 unspecified atom stereocenters. The quantitative estimate of drug-likeness (QED) is 0.394. The van der Waals surface area contributed by atoms with Crippen molar-refractivity contribution in [1.82, 2.24) is 19.8 Å². The van der Waals surface area contributed by atoms with Gasteiger partial charge in [-0.3, -0.25) is 4.79 Å². The second kappa shape index (κ2) is 11.8. The van der Waals surface area contributed by atoms with Crippen LogP contribution in [0.2, 0.25) is 0 Å². The number of amides is 1. The molecule has 3 atom stereocenters. The zero-order chi connectivity index (χ0) is 27.4. The molecule has 2 aliphatic rings. The maximum atomic E-state index is 14.1. The first-order valence-electron chi connectivity index (χ1n) is 13.8. The monoisotopic (exact) mass is 535 g/mol. The number of hydrogen-bond acceptors (Lipinski definition) is 6. The number of anilines is 1. The number of piperazine rings is 1. The van der Waals surface area contributed by atoms with Gasteiger partial charge in [0.25, 0.3) is 5.91 Å². The highest BCUT2D eigenvalue weighted by molar-refractivity contribution is 5.98. The number of halogens is 1. The van der Waals surface area contributed by atoms with Crippen molar-refractivity contribution in [2.75, 3.05) is 38.6 Å². The summed E-state index contributed by atoms with van der Waals surface area (Å²) >= 11 is 0. The van der Waals surface area contributed by atoms with Crippen LogP contribution in [0.1, 0.15) is 55.6 Å². The molecule has 1 aromatic heterocycles. The molecule has 2 aromatic carbocycles. The zero-order valence-corrected chi connectivity index (χ0v) is 22.7. The summed E-state index contributed by atoms with van der Waals surface area (Å²) in [5.41, 5.74) is 1.89. The Kier molecular flexibility index (Phi) is 8.18. The Morgan fingerprint density at radius 1 is 1.26 bits per heavy atom. The van der Waals surface area contributed by atoms with Crippen molar-refractivity contribution in [2.45, 2.75) is 56.7 Å². The molecule has 0 radical (unpaired) electrons. The average molecular weight is 536 g/mol. The molecule has 1 amide bonds. The van der Waals surface area contributed by atoms with Gasteiger partial charge in [0.05, 0.1) is 30.8 Å². The van der Waals surface area contributed by atoms with E-state index in [1.807, 2.05) is 46.7 Å². The lowest BCUT2D eigenvalue weighted by Gasteiger charge is -2.39. The third-order valence-electron chi connectivity index (χ3n) is 8.08. The highest BCUT2D eigenvalue weighted by Gasteiger charge is 2.39. The summed E-state index contributed by atoms with van der Waals surface area (Å²) in [6.45, 7) is 4.41. The van der Waals surface area contributed by atoms with E-state index in [4.69, 9.17) is 4.74 Å². The van der Waals surface area contributed by atoms with Crippen molar-refractivity contribution in [3.63, 3.8) is 0 Å². The van der Waals surface area contributed by atoms with Crippen molar-refractivity contribution in [3.8, 4) is 17.0 Å². The predicted octanol–water partition coefficient (Wildman–Crippen LogP) is 4.48. The van der Waals surface area contributed by atoms with E-state index in [9.17, 15) is 14.3 Å². The van der Waals surface area contributed by atoms with Crippen molar-refractivity contribution in [3.05, 3.63) is 66.4 Å². The first kappa shape index (κ1) is 27.1. The van der Waals surface area contributed by atoms with Gasteiger partial charge in [0.15, 0.2) is 17.3 Å². The van der Waals surface area contributed by atoms with Crippen LogP contribution in [0.3, 0.4) is 0 Å². The molecule has 9 heteroatoms. The number of aromatic nitrogens is 2. The fourth-order valence-electron chi connectivity index (χ4n) is 5.95. The van der Waals surface area contributed by atoms with Gasteiger partial charge in [-0.1, -0.05) is 43.2 Å². The van der Waals surface area contributed by atoms with E-state index in [2.05, 4.69) is 15.6 Å². The first-order valence-corrected chi connectivity index (χ1v) is 13.8. The summed E-state index contributed by atoms with van der Waals surface area (Å²) in [7, 11) is 1.44. The molecule has 3 aromatic rings. The number of carbonyl (C=O) groups is 1. The topological polar surface area (TPSA) is 91.7 Å². The molecule has 208 valence electrons. The molecule has 2 fully saturated rings. The number of benzene rings is 2. The van der Waals surface area contributed by atoms with Crippen molar-refractivity contribution >= 4 is 11.6 Å². The highest BCUT2D eigenvalue weighted by Crippen LogP contribution is 2.40. The van der Waals surface area contributed by atoms with E-state index in [0.717, 1.165) is 36.9 Å². The molecular weight excluding hydrogens is 497 g/mol. The van der Waals surface area contributed by atoms with Crippen LogP contribution in [-0.4, -0.2) is 70.4 Å². The molecule has 3 N–H and O–H groups in total. The second-order valence-corrected chi connectivity index (χ2v) is 10.8. The number of imidazole rings is 1. The number of nitrogens with zero attached hydrogens (tertiary/aromatic N) is 3. The van der Waals surface area contributed by atoms with Gasteiger partial charge in [-0.05, 0) is 38.3 Å². The van der Waals surface area contributed by atoms with Gasteiger partial charge in [-0.2, -0.15) is 0 Å². The van der Waals surface area contributed by atoms with E-state index in [1.54, 1.807) is 18.5 Å². The molecule has 1 saturated heterocycles. The third kappa shape index (κ3) is 5.79. The Hall–Kier alpha value is -3.43. The molecular formula is C30H38FN5O3. The Labute approximate surface area is 229 Å². The van der Waals surface area contributed by atoms with E-state index < -0.39 is 11.4 Å². The molecule has 0 spiro atoms. The number of carbonyl (C=O) groups excluding carboxylic acids is 1. The second-order valence-electron chi connectivity index (χ2n) is 10.8. The van der Waals surface area contributed by atoms with Gasteiger partial charge in [-0.25, -0.2) is 9.37 Å². The smallest absolute Gasteiger partial charge is 0.275 e. The van der Waals surface area contributed by atoms with Crippen LogP contribution < -0.4 is 15.4 Å². The molecule has 1 aliphatic carbocycles. The fourth-order valence-corrected chi connectivity index (χ4v) is 5.95. The lowest BCUT2D eigenvalue weighted by atomic mass is 9.81. The molecule has 1 saturated carbocycles. The van der Waals surface area contributed by atoms with Crippen LogP contribution in [0.5, 0.6) is 5.75 Å². The maximum Gasteiger partial charge on any atom is 0.275 e. The standard InChI is InChI=1S/C30H38FN5O3/c1-30(38)14-7-6-10-26(30)36-20-34-27(28(36)21-8-4-3-5-9-21)29(37)35-17-16-32-19-23(35)13-15-33-22-11-12-25(39-2)24(31)18-22/h3-5,8-9,11-12,18,20,23,26,32-33,38H,6-7,10,13-17,19H2,1-2H3/t23-,26-,30+/m1/s1. The number of methoxy groups -OCH3 is 1. The summed E-state index contributed by atoms with van der Waals surface area (Å²) in [5, 5.41) is 17.9. The van der Waals surface area contributed by atoms with E-state index in [1.165, 1.54) is 13.2 Å². The summed E-state index contributed by atoms with van der Waals surface area (Å²) in [6, 6.07) is 14.5.